The van der Waals surface area contributed by atoms with Gasteiger partial charge in [-0.25, -0.2) is 0 Å². The van der Waals surface area contributed by atoms with Crippen molar-refractivity contribution in [3.05, 3.63) is 23.7 Å². The van der Waals surface area contributed by atoms with Gasteiger partial charge in [-0.15, -0.1) is 0 Å². The van der Waals surface area contributed by atoms with E-state index in [1.165, 1.54) is 25.7 Å². The molecule has 0 spiro atoms. The van der Waals surface area contributed by atoms with Gasteiger partial charge in [0.1, 0.15) is 6.26 Å². The van der Waals surface area contributed by atoms with Crippen molar-refractivity contribution in [1.29, 1.82) is 0 Å². The first-order chi connectivity index (χ1) is 5.92. The van der Waals surface area contributed by atoms with Gasteiger partial charge in [0.15, 0.2) is 6.29 Å². The fourth-order valence-corrected chi connectivity index (χ4v) is 1.98. The molecule has 0 atom stereocenters. The van der Waals surface area contributed by atoms with Crippen LogP contribution in [0.1, 0.15) is 47.5 Å². The minimum atomic E-state index is 0.573. The van der Waals surface area contributed by atoms with Crippen molar-refractivity contribution >= 4 is 6.29 Å². The lowest BCUT2D eigenvalue weighted by molar-refractivity contribution is 0.112. The minimum absolute atomic E-state index is 0.573. The third kappa shape index (κ3) is 1.17. The summed E-state index contributed by atoms with van der Waals surface area (Å²) in [6.45, 7) is 0. The number of carbonyl (C=O) groups is 1. The summed E-state index contributed by atoms with van der Waals surface area (Å²) in [5.74, 6) is 0.573. The van der Waals surface area contributed by atoms with Gasteiger partial charge < -0.3 is 4.42 Å². The van der Waals surface area contributed by atoms with Crippen LogP contribution in [0.2, 0.25) is 0 Å². The number of rotatable bonds is 2. The van der Waals surface area contributed by atoms with Gasteiger partial charge in [-0.1, -0.05) is 12.8 Å². The molecule has 1 saturated carbocycles. The highest BCUT2D eigenvalue weighted by molar-refractivity contribution is 5.76. The molecule has 0 aliphatic heterocycles. The molecule has 0 unspecified atom stereocenters. The standard InChI is InChI=1S/C10H12O2/c11-5-9-6-12-7-10(9)8-3-1-2-4-8/h5-8H,1-4H2. The van der Waals surface area contributed by atoms with Crippen LogP contribution in [0.5, 0.6) is 0 Å². The largest absolute Gasteiger partial charge is 0.472 e. The van der Waals surface area contributed by atoms with E-state index in [1.807, 2.05) is 0 Å². The van der Waals surface area contributed by atoms with E-state index in [4.69, 9.17) is 4.42 Å². The molecule has 64 valence electrons. The zero-order valence-electron chi connectivity index (χ0n) is 6.95. The van der Waals surface area contributed by atoms with Crippen molar-refractivity contribution in [3.8, 4) is 0 Å². The fourth-order valence-electron chi connectivity index (χ4n) is 1.98. The highest BCUT2D eigenvalue weighted by Crippen LogP contribution is 2.35. The highest BCUT2D eigenvalue weighted by atomic mass is 16.3. The van der Waals surface area contributed by atoms with E-state index in [0.29, 0.717) is 5.92 Å². The van der Waals surface area contributed by atoms with Crippen molar-refractivity contribution in [1.82, 2.24) is 0 Å². The third-order valence-corrected chi connectivity index (χ3v) is 2.65. The highest BCUT2D eigenvalue weighted by Gasteiger charge is 2.20. The number of furan rings is 1. The van der Waals surface area contributed by atoms with E-state index in [1.54, 1.807) is 12.5 Å². The number of hydrogen-bond donors (Lipinski definition) is 0. The molecule has 1 aromatic heterocycles. The predicted molar refractivity (Wildman–Crippen MR) is 45.3 cm³/mol. The van der Waals surface area contributed by atoms with Gasteiger partial charge in [-0.3, -0.25) is 4.79 Å². The molecule has 1 aliphatic carbocycles. The number of hydrogen-bond acceptors (Lipinski definition) is 2. The maximum Gasteiger partial charge on any atom is 0.153 e. The molecule has 2 rings (SSSR count). The van der Waals surface area contributed by atoms with Crippen LogP contribution in [0.4, 0.5) is 0 Å². The summed E-state index contributed by atoms with van der Waals surface area (Å²) >= 11 is 0. The van der Waals surface area contributed by atoms with Crippen LogP contribution >= 0.6 is 0 Å². The van der Waals surface area contributed by atoms with Crippen LogP contribution in [-0.2, 0) is 0 Å². The minimum Gasteiger partial charge on any atom is -0.472 e. The molecular formula is C10H12O2. The van der Waals surface area contributed by atoms with Gasteiger partial charge >= 0.3 is 0 Å². The Hall–Kier alpha value is -1.05. The maximum absolute atomic E-state index is 10.6. The van der Waals surface area contributed by atoms with E-state index < -0.39 is 0 Å². The first kappa shape index (κ1) is 7.59. The zero-order valence-corrected chi connectivity index (χ0v) is 6.95. The average Bonchev–Trinajstić information content (AvgIpc) is 2.74. The molecule has 12 heavy (non-hydrogen) atoms. The summed E-state index contributed by atoms with van der Waals surface area (Å²) < 4.78 is 5.02. The van der Waals surface area contributed by atoms with E-state index in [9.17, 15) is 4.79 Å². The first-order valence-electron chi connectivity index (χ1n) is 4.43. The van der Waals surface area contributed by atoms with Crippen LogP contribution < -0.4 is 0 Å². The summed E-state index contributed by atoms with van der Waals surface area (Å²) in [6, 6.07) is 0. The second kappa shape index (κ2) is 3.13. The molecule has 0 N–H and O–H groups in total. The van der Waals surface area contributed by atoms with Gasteiger partial charge in [-0.05, 0) is 18.8 Å². The maximum atomic E-state index is 10.6. The van der Waals surface area contributed by atoms with Crippen LogP contribution in [0.15, 0.2) is 16.9 Å². The first-order valence-corrected chi connectivity index (χ1v) is 4.43. The monoisotopic (exact) mass is 164 g/mol. The van der Waals surface area contributed by atoms with E-state index >= 15 is 0 Å². The summed E-state index contributed by atoms with van der Waals surface area (Å²) in [7, 11) is 0. The number of aldehydes is 1. The Kier molecular flexibility index (Phi) is 1.98. The lowest BCUT2D eigenvalue weighted by Gasteiger charge is -2.05. The normalized spacial score (nSPS) is 18.3. The molecule has 0 radical (unpaired) electrons. The van der Waals surface area contributed by atoms with Gasteiger partial charge in [0.25, 0.3) is 0 Å². The van der Waals surface area contributed by atoms with Crippen molar-refractivity contribution in [2.45, 2.75) is 31.6 Å². The van der Waals surface area contributed by atoms with Gasteiger partial charge in [0, 0.05) is 5.56 Å². The summed E-state index contributed by atoms with van der Waals surface area (Å²) in [5.41, 5.74) is 1.85. The summed E-state index contributed by atoms with van der Waals surface area (Å²) in [4.78, 5) is 10.6. The van der Waals surface area contributed by atoms with Crippen LogP contribution in [0, 0.1) is 0 Å². The van der Waals surface area contributed by atoms with E-state index in [-0.39, 0.29) is 0 Å². The van der Waals surface area contributed by atoms with Gasteiger partial charge in [0.05, 0.1) is 11.8 Å². The van der Waals surface area contributed by atoms with Crippen molar-refractivity contribution in [2.24, 2.45) is 0 Å². The SMILES string of the molecule is O=Cc1cocc1C1CCCC1. The van der Waals surface area contributed by atoms with Crippen LogP contribution in [0.25, 0.3) is 0 Å². The van der Waals surface area contributed by atoms with Crippen molar-refractivity contribution in [3.63, 3.8) is 0 Å². The Morgan fingerprint density at radius 2 is 2.08 bits per heavy atom. The Bertz CT molecular complexity index is 269. The molecule has 0 bridgehead atoms. The lowest BCUT2D eigenvalue weighted by Crippen LogP contribution is -1.93. The Balaban J connectivity index is 2.25. The van der Waals surface area contributed by atoms with Crippen LogP contribution in [-0.4, -0.2) is 6.29 Å². The Morgan fingerprint density at radius 3 is 2.75 bits per heavy atom. The quantitative estimate of drug-likeness (QED) is 0.629. The molecule has 0 aromatic carbocycles. The van der Waals surface area contributed by atoms with Crippen molar-refractivity contribution in [2.75, 3.05) is 0 Å². The molecule has 2 nitrogen and oxygen atoms in total. The van der Waals surface area contributed by atoms with E-state index in [0.717, 1.165) is 17.4 Å². The zero-order chi connectivity index (χ0) is 8.39. The Morgan fingerprint density at radius 1 is 1.33 bits per heavy atom. The molecular weight excluding hydrogens is 152 g/mol. The van der Waals surface area contributed by atoms with Gasteiger partial charge in [0.2, 0.25) is 0 Å². The average molecular weight is 164 g/mol. The lowest BCUT2D eigenvalue weighted by atomic mass is 9.97. The molecule has 1 aliphatic rings. The molecule has 1 fully saturated rings. The molecule has 1 heterocycles. The topological polar surface area (TPSA) is 30.2 Å². The van der Waals surface area contributed by atoms with Crippen LogP contribution in [0.3, 0.4) is 0 Å². The number of carbonyl (C=O) groups excluding carboxylic acids is 1. The molecule has 2 heteroatoms. The predicted octanol–water partition coefficient (Wildman–Crippen LogP) is 2.75. The molecule has 0 saturated heterocycles. The Labute approximate surface area is 71.6 Å². The fraction of sp³-hybridized carbons (Fsp3) is 0.500. The summed E-state index contributed by atoms with van der Waals surface area (Å²) in [6.07, 6.45) is 9.14. The smallest absolute Gasteiger partial charge is 0.153 e. The van der Waals surface area contributed by atoms with Gasteiger partial charge in [-0.2, -0.15) is 0 Å². The summed E-state index contributed by atoms with van der Waals surface area (Å²) in [5, 5.41) is 0. The third-order valence-electron chi connectivity index (χ3n) is 2.65. The molecule has 1 aromatic rings. The van der Waals surface area contributed by atoms with E-state index in [2.05, 4.69) is 0 Å². The second-order valence-corrected chi connectivity index (χ2v) is 3.38. The second-order valence-electron chi connectivity index (χ2n) is 3.38. The molecule has 0 amide bonds. The van der Waals surface area contributed by atoms with Crippen molar-refractivity contribution < 1.29 is 9.21 Å².